The van der Waals surface area contributed by atoms with Crippen molar-refractivity contribution in [2.24, 2.45) is 0 Å². The average Bonchev–Trinajstić information content (AvgIpc) is 2.34. The fourth-order valence-electron chi connectivity index (χ4n) is 2.23. The number of carbonyl (C=O) groups excluding carboxylic acids is 1. The highest BCUT2D eigenvalue weighted by Crippen LogP contribution is 2.31. The molecule has 116 valence electrons. The molecular weight excluding hydrogens is 314 g/mol. The molecule has 1 aromatic rings. The molecule has 1 aliphatic heterocycles. The van der Waals surface area contributed by atoms with Crippen molar-refractivity contribution in [3.05, 3.63) is 23.8 Å². The van der Waals surface area contributed by atoms with Crippen molar-refractivity contribution < 1.29 is 17.9 Å². The first-order chi connectivity index (χ1) is 9.58. The van der Waals surface area contributed by atoms with Crippen molar-refractivity contribution in [2.75, 3.05) is 11.4 Å². The van der Waals surface area contributed by atoms with Crippen LogP contribution in [0.3, 0.4) is 0 Å². The van der Waals surface area contributed by atoms with Gasteiger partial charge in [-0.2, -0.15) is 0 Å². The largest absolute Gasteiger partial charge is 0.443 e. The first-order valence-corrected chi connectivity index (χ1v) is 8.97. The van der Waals surface area contributed by atoms with E-state index in [4.69, 9.17) is 15.4 Å². The van der Waals surface area contributed by atoms with Gasteiger partial charge in [0.15, 0.2) is 0 Å². The van der Waals surface area contributed by atoms with E-state index in [0.717, 1.165) is 12.0 Å². The maximum atomic E-state index is 12.2. The van der Waals surface area contributed by atoms with Crippen LogP contribution in [0.15, 0.2) is 23.1 Å². The molecule has 0 aliphatic carbocycles. The van der Waals surface area contributed by atoms with Gasteiger partial charge in [0.1, 0.15) is 5.60 Å². The van der Waals surface area contributed by atoms with Crippen LogP contribution in [0, 0.1) is 0 Å². The average molecular weight is 332 g/mol. The molecule has 0 fully saturated rings. The molecule has 1 aliphatic rings. The predicted octanol–water partition coefficient (Wildman–Crippen LogP) is 3.30. The number of rotatable bonds is 1. The highest BCUT2D eigenvalue weighted by molar-refractivity contribution is 8.13. The summed E-state index contributed by atoms with van der Waals surface area (Å²) in [5.41, 5.74) is 0.891. The van der Waals surface area contributed by atoms with Gasteiger partial charge in [0.05, 0.1) is 10.6 Å². The Kier molecular flexibility index (Phi) is 4.22. The number of hydrogen-bond donors (Lipinski definition) is 0. The Balaban J connectivity index is 2.34. The number of benzene rings is 1. The van der Waals surface area contributed by atoms with Crippen molar-refractivity contribution >= 4 is 31.5 Å². The number of ether oxygens (including phenoxy) is 1. The van der Waals surface area contributed by atoms with Gasteiger partial charge < -0.3 is 4.74 Å². The lowest BCUT2D eigenvalue weighted by molar-refractivity contribution is 0.0578. The third-order valence-electron chi connectivity index (χ3n) is 3.07. The second-order valence-electron chi connectivity index (χ2n) is 5.96. The van der Waals surface area contributed by atoms with Gasteiger partial charge in [-0.05, 0) is 57.4 Å². The van der Waals surface area contributed by atoms with Gasteiger partial charge in [-0.25, -0.2) is 13.2 Å². The van der Waals surface area contributed by atoms with Crippen molar-refractivity contribution in [1.82, 2.24) is 0 Å². The molecule has 0 atom stereocenters. The molecule has 0 N–H and O–H groups in total. The summed E-state index contributed by atoms with van der Waals surface area (Å²) in [6, 6.07) is 4.53. The quantitative estimate of drug-likeness (QED) is 0.741. The smallest absolute Gasteiger partial charge is 0.414 e. The SMILES string of the molecule is CC(C)(C)OC(=O)N1CCCc2cc(S(=O)(=O)Cl)ccc21. The van der Waals surface area contributed by atoms with E-state index in [0.29, 0.717) is 18.7 Å². The van der Waals surface area contributed by atoms with Crippen LogP contribution in [0.5, 0.6) is 0 Å². The van der Waals surface area contributed by atoms with Crippen LogP contribution < -0.4 is 4.90 Å². The van der Waals surface area contributed by atoms with Crippen LogP contribution in [0.25, 0.3) is 0 Å². The van der Waals surface area contributed by atoms with Crippen LogP contribution in [0.2, 0.25) is 0 Å². The first kappa shape index (κ1) is 16.1. The molecule has 0 aromatic heterocycles. The van der Waals surface area contributed by atoms with Crippen LogP contribution in [0.4, 0.5) is 10.5 Å². The van der Waals surface area contributed by atoms with Crippen LogP contribution >= 0.6 is 10.7 Å². The fraction of sp³-hybridized carbons (Fsp3) is 0.500. The molecule has 0 spiro atoms. The number of aryl methyl sites for hydroxylation is 1. The highest BCUT2D eigenvalue weighted by Gasteiger charge is 2.28. The van der Waals surface area contributed by atoms with Gasteiger partial charge in [0.25, 0.3) is 9.05 Å². The molecule has 1 amide bonds. The topological polar surface area (TPSA) is 63.7 Å². The van der Waals surface area contributed by atoms with Crippen LogP contribution in [-0.4, -0.2) is 26.7 Å². The molecular formula is C14H18ClNO4S. The van der Waals surface area contributed by atoms with E-state index in [2.05, 4.69) is 0 Å². The van der Waals surface area contributed by atoms with E-state index in [9.17, 15) is 13.2 Å². The van der Waals surface area contributed by atoms with E-state index in [1.807, 2.05) is 0 Å². The summed E-state index contributed by atoms with van der Waals surface area (Å²) in [7, 11) is 1.59. The maximum Gasteiger partial charge on any atom is 0.414 e. The molecule has 0 saturated carbocycles. The number of anilines is 1. The summed E-state index contributed by atoms with van der Waals surface area (Å²) in [6.45, 7) is 5.96. The summed E-state index contributed by atoms with van der Waals surface area (Å²) in [4.78, 5) is 13.8. The minimum atomic E-state index is -3.77. The Morgan fingerprint density at radius 2 is 2.00 bits per heavy atom. The zero-order valence-electron chi connectivity index (χ0n) is 12.2. The summed E-state index contributed by atoms with van der Waals surface area (Å²) in [6.07, 6.45) is 1.03. The standard InChI is InChI=1S/C14H18ClNO4S/c1-14(2,3)20-13(17)16-8-4-5-10-9-11(21(15,18)19)6-7-12(10)16/h6-7,9H,4-5,8H2,1-3H3. The minimum Gasteiger partial charge on any atom is -0.443 e. The molecule has 1 heterocycles. The summed E-state index contributed by atoms with van der Waals surface area (Å²) >= 11 is 0. The lowest BCUT2D eigenvalue weighted by Gasteiger charge is -2.31. The van der Waals surface area contributed by atoms with Gasteiger partial charge in [0.2, 0.25) is 0 Å². The van der Waals surface area contributed by atoms with Crippen molar-refractivity contribution in [1.29, 1.82) is 0 Å². The Labute approximate surface area is 129 Å². The molecule has 0 radical (unpaired) electrons. The number of carbonyl (C=O) groups is 1. The maximum absolute atomic E-state index is 12.2. The van der Waals surface area contributed by atoms with Gasteiger partial charge >= 0.3 is 6.09 Å². The molecule has 1 aromatic carbocycles. The number of nitrogens with zero attached hydrogens (tertiary/aromatic N) is 1. The minimum absolute atomic E-state index is 0.0500. The molecule has 5 nitrogen and oxygen atoms in total. The van der Waals surface area contributed by atoms with Gasteiger partial charge in [-0.1, -0.05) is 0 Å². The second kappa shape index (κ2) is 5.50. The number of hydrogen-bond acceptors (Lipinski definition) is 4. The number of fused-ring (bicyclic) bond motifs is 1. The molecule has 0 unspecified atom stereocenters. The first-order valence-electron chi connectivity index (χ1n) is 6.66. The van der Waals surface area contributed by atoms with Gasteiger partial charge in [-0.15, -0.1) is 0 Å². The summed E-state index contributed by atoms with van der Waals surface area (Å²) in [5, 5.41) is 0. The van der Waals surface area contributed by atoms with E-state index >= 15 is 0 Å². The lowest BCUT2D eigenvalue weighted by Crippen LogP contribution is -2.39. The number of amides is 1. The molecule has 21 heavy (non-hydrogen) atoms. The molecule has 7 heteroatoms. The zero-order valence-corrected chi connectivity index (χ0v) is 13.8. The van der Waals surface area contributed by atoms with Gasteiger partial charge in [-0.3, -0.25) is 4.90 Å². The normalized spacial score (nSPS) is 15.5. The lowest BCUT2D eigenvalue weighted by atomic mass is 10.0. The Bertz CT molecular complexity index is 664. The zero-order chi connectivity index (χ0) is 15.8. The van der Waals surface area contributed by atoms with Crippen molar-refractivity contribution in [2.45, 2.75) is 44.1 Å². The Morgan fingerprint density at radius 3 is 2.57 bits per heavy atom. The van der Waals surface area contributed by atoms with Gasteiger partial charge in [0, 0.05) is 17.2 Å². The molecule has 0 bridgehead atoms. The monoisotopic (exact) mass is 331 g/mol. The Morgan fingerprint density at radius 1 is 1.33 bits per heavy atom. The van der Waals surface area contributed by atoms with Crippen molar-refractivity contribution in [3.63, 3.8) is 0 Å². The van der Waals surface area contributed by atoms with Crippen LogP contribution in [0.1, 0.15) is 32.8 Å². The van der Waals surface area contributed by atoms with Crippen LogP contribution in [-0.2, 0) is 20.2 Å². The van der Waals surface area contributed by atoms with E-state index in [1.165, 1.54) is 17.0 Å². The van der Waals surface area contributed by atoms with E-state index in [1.54, 1.807) is 26.8 Å². The third kappa shape index (κ3) is 3.89. The molecule has 0 saturated heterocycles. The highest BCUT2D eigenvalue weighted by atomic mass is 35.7. The third-order valence-corrected chi connectivity index (χ3v) is 4.42. The van der Waals surface area contributed by atoms with E-state index in [-0.39, 0.29) is 4.90 Å². The second-order valence-corrected chi connectivity index (χ2v) is 8.53. The fourth-order valence-corrected chi connectivity index (χ4v) is 3.03. The Hall–Kier alpha value is -1.27. The molecule has 2 rings (SSSR count). The predicted molar refractivity (Wildman–Crippen MR) is 81.4 cm³/mol. The summed E-state index contributed by atoms with van der Waals surface area (Å²) in [5.74, 6) is 0. The van der Waals surface area contributed by atoms with E-state index < -0.39 is 20.7 Å². The summed E-state index contributed by atoms with van der Waals surface area (Å²) < 4.78 is 28.1. The number of halogens is 1. The van der Waals surface area contributed by atoms with Crippen molar-refractivity contribution in [3.8, 4) is 0 Å².